The fourth-order valence-electron chi connectivity index (χ4n) is 3.39. The van der Waals surface area contributed by atoms with Crippen molar-refractivity contribution in [3.8, 4) is 0 Å². The molecule has 0 amide bonds. The van der Waals surface area contributed by atoms with Gasteiger partial charge >= 0.3 is 11.9 Å². The zero-order chi connectivity index (χ0) is 20.6. The van der Waals surface area contributed by atoms with E-state index in [1.165, 1.54) is 12.1 Å². The van der Waals surface area contributed by atoms with Crippen molar-refractivity contribution >= 4 is 16.7 Å². The molecule has 0 bridgehead atoms. The third-order valence-electron chi connectivity index (χ3n) is 4.91. The summed E-state index contributed by atoms with van der Waals surface area (Å²) in [6.07, 6.45) is -4.38. The maximum absolute atomic E-state index is 13.1. The number of rotatable bonds is 4. The van der Waals surface area contributed by atoms with Crippen LogP contribution in [0.4, 0.5) is 18.9 Å². The van der Waals surface area contributed by atoms with Gasteiger partial charge in [0.1, 0.15) is 5.69 Å². The first kappa shape index (κ1) is 19.0. The molecule has 3 aromatic carbocycles. The van der Waals surface area contributed by atoms with E-state index in [9.17, 15) is 18.0 Å². The molecule has 0 saturated carbocycles. The summed E-state index contributed by atoms with van der Waals surface area (Å²) < 4.78 is 41.6. The molecule has 0 atom stereocenters. The quantitative estimate of drug-likeness (QED) is 0.559. The normalized spacial score (nSPS) is 11.9. The molecule has 1 heterocycles. The minimum atomic E-state index is -4.38. The Hall–Kier alpha value is -3.32. The van der Waals surface area contributed by atoms with Crippen molar-refractivity contribution in [2.45, 2.75) is 19.3 Å². The number of para-hydroxylation sites is 2. The lowest BCUT2D eigenvalue weighted by Gasteiger charge is -2.08. The van der Waals surface area contributed by atoms with Crippen molar-refractivity contribution in [3.63, 3.8) is 0 Å². The third-order valence-corrected chi connectivity index (χ3v) is 4.91. The summed E-state index contributed by atoms with van der Waals surface area (Å²) in [7, 11) is 0. The van der Waals surface area contributed by atoms with Crippen molar-refractivity contribution in [1.82, 2.24) is 9.13 Å². The molecule has 7 heteroatoms. The first-order valence-electron chi connectivity index (χ1n) is 9.08. The number of benzene rings is 3. The van der Waals surface area contributed by atoms with E-state index >= 15 is 0 Å². The highest BCUT2D eigenvalue weighted by Gasteiger charge is 2.30. The predicted molar refractivity (Wildman–Crippen MR) is 105 cm³/mol. The Kier molecular flexibility index (Phi) is 4.76. The zero-order valence-corrected chi connectivity index (χ0v) is 15.5. The van der Waals surface area contributed by atoms with Gasteiger partial charge in [0.25, 0.3) is 0 Å². The number of alkyl halides is 3. The van der Waals surface area contributed by atoms with Gasteiger partial charge in [-0.2, -0.15) is 13.2 Å². The van der Waals surface area contributed by atoms with Gasteiger partial charge in [0, 0.05) is 0 Å². The second-order valence-corrected chi connectivity index (χ2v) is 6.95. The zero-order valence-electron chi connectivity index (χ0n) is 15.5. The molecule has 0 fully saturated rings. The Morgan fingerprint density at radius 1 is 0.724 bits per heavy atom. The maximum Gasteiger partial charge on any atom is 0.416 e. The Balaban J connectivity index is 1.72. The number of hydrogen-bond acceptors (Lipinski definition) is 1. The number of quaternary nitrogens is 1. The molecule has 29 heavy (non-hydrogen) atoms. The van der Waals surface area contributed by atoms with E-state index in [0.29, 0.717) is 12.1 Å². The molecule has 0 unspecified atom stereocenters. The smallest absolute Gasteiger partial charge is 0.325 e. The number of nitrogens with zero attached hydrogens (tertiary/aromatic N) is 2. The molecule has 0 aliphatic carbocycles. The molecular weight excluding hydrogens is 379 g/mol. The van der Waals surface area contributed by atoms with Crippen LogP contribution in [-0.4, -0.2) is 9.13 Å². The fraction of sp³-hybridized carbons (Fsp3) is 0.136. The molecule has 0 saturated heterocycles. The van der Waals surface area contributed by atoms with Gasteiger partial charge in [-0.1, -0.05) is 36.4 Å². The predicted octanol–water partition coefficient (Wildman–Crippen LogP) is 3.79. The topological polar surface area (TPSA) is 54.6 Å². The van der Waals surface area contributed by atoms with E-state index in [0.717, 1.165) is 34.4 Å². The number of halogens is 3. The summed E-state index contributed by atoms with van der Waals surface area (Å²) >= 11 is 0. The molecule has 0 aliphatic rings. The van der Waals surface area contributed by atoms with E-state index in [2.05, 4.69) is 5.73 Å². The maximum atomic E-state index is 13.1. The molecule has 148 valence electrons. The molecule has 3 N–H and O–H groups in total. The van der Waals surface area contributed by atoms with Gasteiger partial charge in [0.15, 0.2) is 0 Å². The standard InChI is InChI=1S/C22H18F3N3O/c23-22(24,25)17-9-5-15(6-10-17)13-27-19-3-1-2-4-20(19)28(21(27)29)14-16-7-11-18(26)12-8-16/h1-12H,13-14,26H2/p+1. The lowest BCUT2D eigenvalue weighted by molar-refractivity contribution is -0.254. The molecule has 4 rings (SSSR count). The monoisotopic (exact) mass is 398 g/mol. The molecule has 4 aromatic rings. The van der Waals surface area contributed by atoms with E-state index in [1.54, 1.807) is 9.13 Å². The summed E-state index contributed by atoms with van der Waals surface area (Å²) in [5, 5.41) is 0. The van der Waals surface area contributed by atoms with Crippen molar-refractivity contribution in [2.24, 2.45) is 0 Å². The third kappa shape index (κ3) is 3.82. The second-order valence-electron chi connectivity index (χ2n) is 6.95. The average Bonchev–Trinajstić information content (AvgIpc) is 2.95. The summed E-state index contributed by atoms with van der Waals surface area (Å²) in [6.45, 7) is 0.599. The van der Waals surface area contributed by atoms with E-state index < -0.39 is 11.7 Å². The van der Waals surface area contributed by atoms with Crippen molar-refractivity contribution in [2.75, 3.05) is 0 Å². The van der Waals surface area contributed by atoms with Crippen LogP contribution in [0.3, 0.4) is 0 Å². The van der Waals surface area contributed by atoms with Gasteiger partial charge in [0.05, 0.1) is 29.7 Å². The summed E-state index contributed by atoms with van der Waals surface area (Å²) in [6, 6.07) is 20.0. The average molecular weight is 398 g/mol. The van der Waals surface area contributed by atoms with Crippen LogP contribution in [0.5, 0.6) is 0 Å². The number of aromatic nitrogens is 2. The Bertz CT molecular complexity index is 1200. The second kappa shape index (κ2) is 7.25. The van der Waals surface area contributed by atoms with Gasteiger partial charge in [-0.3, -0.25) is 9.13 Å². The molecule has 1 aromatic heterocycles. The van der Waals surface area contributed by atoms with Gasteiger partial charge in [-0.05, 0) is 47.5 Å². The van der Waals surface area contributed by atoms with Gasteiger partial charge in [-0.15, -0.1) is 0 Å². The van der Waals surface area contributed by atoms with Crippen molar-refractivity contribution in [3.05, 3.63) is 100.0 Å². The minimum absolute atomic E-state index is 0.197. The van der Waals surface area contributed by atoms with E-state index in [-0.39, 0.29) is 12.2 Å². The first-order chi connectivity index (χ1) is 13.8. The van der Waals surface area contributed by atoms with Crippen molar-refractivity contribution < 1.29 is 18.9 Å². The number of imidazole rings is 1. The van der Waals surface area contributed by atoms with Crippen LogP contribution in [-0.2, 0) is 19.3 Å². The number of fused-ring (bicyclic) bond motifs is 1. The highest BCUT2D eigenvalue weighted by Crippen LogP contribution is 2.29. The Morgan fingerprint density at radius 3 is 1.62 bits per heavy atom. The highest BCUT2D eigenvalue weighted by molar-refractivity contribution is 5.76. The highest BCUT2D eigenvalue weighted by atomic mass is 19.4. The summed E-state index contributed by atoms with van der Waals surface area (Å²) in [5.74, 6) is 0. The minimum Gasteiger partial charge on any atom is -0.325 e. The van der Waals surface area contributed by atoms with Crippen LogP contribution >= 0.6 is 0 Å². The largest absolute Gasteiger partial charge is 0.416 e. The van der Waals surface area contributed by atoms with E-state index in [1.807, 2.05) is 48.5 Å². The van der Waals surface area contributed by atoms with Crippen LogP contribution in [0, 0.1) is 0 Å². The lowest BCUT2D eigenvalue weighted by Crippen LogP contribution is -2.39. The SMILES string of the molecule is [NH3+]c1ccc(Cn2c(=O)n(Cc3ccc(C(F)(F)F)cc3)c3ccccc32)cc1. The van der Waals surface area contributed by atoms with E-state index in [4.69, 9.17) is 0 Å². The Labute approximate surface area is 164 Å². The number of hydrogen-bond donors (Lipinski definition) is 1. The molecule has 0 radical (unpaired) electrons. The summed E-state index contributed by atoms with van der Waals surface area (Å²) in [4.78, 5) is 13.1. The lowest BCUT2D eigenvalue weighted by atomic mass is 10.1. The molecule has 4 nitrogen and oxygen atoms in total. The Morgan fingerprint density at radius 2 is 1.17 bits per heavy atom. The fourth-order valence-corrected chi connectivity index (χ4v) is 3.39. The van der Waals surface area contributed by atoms with Crippen molar-refractivity contribution in [1.29, 1.82) is 0 Å². The van der Waals surface area contributed by atoms with Gasteiger partial charge in [0.2, 0.25) is 0 Å². The van der Waals surface area contributed by atoms with Crippen LogP contribution in [0.25, 0.3) is 11.0 Å². The molecule has 0 aliphatic heterocycles. The van der Waals surface area contributed by atoms with Gasteiger partial charge in [-0.25, -0.2) is 4.79 Å². The summed E-state index contributed by atoms with van der Waals surface area (Å²) in [5.41, 5.74) is 6.97. The molecule has 0 spiro atoms. The van der Waals surface area contributed by atoms with Crippen LogP contribution in [0.15, 0.2) is 77.6 Å². The first-order valence-corrected chi connectivity index (χ1v) is 9.08. The van der Waals surface area contributed by atoms with Crippen LogP contribution in [0.1, 0.15) is 16.7 Å². The molecular formula is C22H19F3N3O+. The van der Waals surface area contributed by atoms with Crippen LogP contribution in [0.2, 0.25) is 0 Å². The van der Waals surface area contributed by atoms with Gasteiger partial charge < -0.3 is 5.73 Å². The van der Waals surface area contributed by atoms with Crippen LogP contribution < -0.4 is 11.4 Å².